The fourth-order valence-electron chi connectivity index (χ4n) is 4.80. The predicted molar refractivity (Wildman–Crippen MR) is 121 cm³/mol. The maximum Gasteiger partial charge on any atom is 0.338 e. The number of fused-ring (bicyclic) bond motifs is 1. The van der Waals surface area contributed by atoms with Gasteiger partial charge < -0.3 is 28.8 Å². The summed E-state index contributed by atoms with van der Waals surface area (Å²) >= 11 is 0. The Hall–Kier alpha value is -2.25. The van der Waals surface area contributed by atoms with Crippen LogP contribution in [0.2, 0.25) is 0 Å². The summed E-state index contributed by atoms with van der Waals surface area (Å²) in [7, 11) is 4.51. The highest BCUT2D eigenvalue weighted by molar-refractivity contribution is 5.91. The average Bonchev–Trinajstić information content (AvgIpc) is 3.43. The topological polar surface area (TPSA) is 86.8 Å². The lowest BCUT2D eigenvalue weighted by molar-refractivity contribution is -0.0419. The normalized spacial score (nSPS) is 31.7. The lowest BCUT2D eigenvalue weighted by atomic mass is 9.78. The van der Waals surface area contributed by atoms with E-state index in [0.29, 0.717) is 29.2 Å². The third kappa shape index (κ3) is 4.89. The lowest BCUT2D eigenvalue weighted by Crippen LogP contribution is -2.43. The summed E-state index contributed by atoms with van der Waals surface area (Å²) in [6.45, 7) is 8.16. The van der Waals surface area contributed by atoms with Crippen LogP contribution in [0.15, 0.2) is 23.8 Å². The number of aliphatic hydroxyl groups excluding tert-OH is 1. The molecule has 1 heterocycles. The Kier molecular flexibility index (Phi) is 7.40. The van der Waals surface area contributed by atoms with Gasteiger partial charge in [0.15, 0.2) is 11.5 Å². The van der Waals surface area contributed by atoms with Gasteiger partial charge in [0.25, 0.3) is 0 Å². The van der Waals surface area contributed by atoms with Crippen LogP contribution in [0.3, 0.4) is 0 Å². The summed E-state index contributed by atoms with van der Waals surface area (Å²) < 4.78 is 28.1. The van der Waals surface area contributed by atoms with Crippen molar-refractivity contribution in [1.82, 2.24) is 0 Å². The number of hydrogen-bond acceptors (Lipinski definition) is 7. The van der Waals surface area contributed by atoms with Crippen molar-refractivity contribution < 1.29 is 33.6 Å². The smallest absolute Gasteiger partial charge is 0.338 e. The Morgan fingerprint density at radius 1 is 1.16 bits per heavy atom. The van der Waals surface area contributed by atoms with E-state index in [4.69, 9.17) is 23.7 Å². The maximum atomic E-state index is 13.2. The molecule has 0 saturated carbocycles. The number of rotatable bonds is 6. The minimum atomic E-state index is -0.719. The molecule has 1 aromatic carbocycles. The fraction of sp³-hybridized carbons (Fsp3) is 0.640. The number of carbonyl (C=O) groups excluding carboxylic acids is 1. The summed E-state index contributed by atoms with van der Waals surface area (Å²) in [6, 6.07) is 3.16. The van der Waals surface area contributed by atoms with Gasteiger partial charge in [-0.3, -0.25) is 0 Å². The molecule has 0 spiro atoms. The molecule has 7 nitrogen and oxygen atoms in total. The fourth-order valence-corrected chi connectivity index (χ4v) is 4.80. The summed E-state index contributed by atoms with van der Waals surface area (Å²) in [5.41, 5.74) is 1.10. The minimum Gasteiger partial charge on any atom is -0.493 e. The second kappa shape index (κ2) is 9.71. The molecule has 0 unspecified atom stereocenters. The van der Waals surface area contributed by atoms with Gasteiger partial charge in [0.2, 0.25) is 5.75 Å². The van der Waals surface area contributed by atoms with Crippen molar-refractivity contribution in [3.63, 3.8) is 0 Å². The van der Waals surface area contributed by atoms with E-state index in [1.54, 1.807) is 12.1 Å². The van der Waals surface area contributed by atoms with E-state index < -0.39 is 18.2 Å². The van der Waals surface area contributed by atoms with Crippen molar-refractivity contribution >= 4 is 5.97 Å². The molecule has 1 aromatic rings. The molecule has 0 bridgehead atoms. The van der Waals surface area contributed by atoms with Crippen molar-refractivity contribution in [2.24, 2.45) is 11.8 Å². The van der Waals surface area contributed by atoms with Crippen LogP contribution in [0.1, 0.15) is 57.3 Å². The zero-order valence-corrected chi connectivity index (χ0v) is 20.1. The first-order valence-corrected chi connectivity index (χ1v) is 11.2. The van der Waals surface area contributed by atoms with Gasteiger partial charge in [-0.2, -0.15) is 0 Å². The molecule has 5 atom stereocenters. The minimum absolute atomic E-state index is 0.0865. The molecule has 0 radical (unpaired) electrons. The molecule has 178 valence electrons. The van der Waals surface area contributed by atoms with Crippen molar-refractivity contribution in [1.29, 1.82) is 0 Å². The third-order valence-corrected chi connectivity index (χ3v) is 6.66. The Bertz CT molecular complexity index is 837. The molecule has 2 aliphatic rings. The SMILES string of the molecule is COc1cc(C(=O)O[C@@H]2C/C(C)=C\CC[C@]3(C)O[C@@H]3[C@H](O)[C@@H]2C(C)C)cc(OC)c1OC. The summed E-state index contributed by atoms with van der Waals surface area (Å²) in [4.78, 5) is 13.2. The van der Waals surface area contributed by atoms with Gasteiger partial charge in [-0.15, -0.1) is 0 Å². The van der Waals surface area contributed by atoms with Crippen LogP contribution in [-0.4, -0.2) is 56.3 Å². The van der Waals surface area contributed by atoms with E-state index in [1.807, 2.05) is 27.7 Å². The van der Waals surface area contributed by atoms with E-state index in [1.165, 1.54) is 21.3 Å². The van der Waals surface area contributed by atoms with E-state index in [2.05, 4.69) is 6.08 Å². The summed E-state index contributed by atoms with van der Waals surface area (Å²) in [5, 5.41) is 11.2. The molecule has 3 rings (SSSR count). The first-order valence-electron chi connectivity index (χ1n) is 11.2. The molecule has 1 saturated heterocycles. The van der Waals surface area contributed by atoms with Gasteiger partial charge in [0.1, 0.15) is 12.2 Å². The van der Waals surface area contributed by atoms with Crippen LogP contribution >= 0.6 is 0 Å². The molecule has 1 N–H and O–H groups in total. The van der Waals surface area contributed by atoms with Crippen molar-refractivity contribution in [3.05, 3.63) is 29.3 Å². The number of epoxide rings is 1. The first-order chi connectivity index (χ1) is 15.1. The molecular formula is C25H36O7. The Balaban J connectivity index is 1.93. The number of aliphatic hydroxyl groups is 1. The highest BCUT2D eigenvalue weighted by Gasteiger charge is 2.58. The second-order valence-corrected chi connectivity index (χ2v) is 9.31. The van der Waals surface area contributed by atoms with Crippen LogP contribution in [0.25, 0.3) is 0 Å². The maximum absolute atomic E-state index is 13.2. The van der Waals surface area contributed by atoms with Gasteiger partial charge in [-0.25, -0.2) is 4.79 Å². The van der Waals surface area contributed by atoms with Crippen LogP contribution < -0.4 is 14.2 Å². The van der Waals surface area contributed by atoms with Crippen molar-refractivity contribution in [3.8, 4) is 17.2 Å². The van der Waals surface area contributed by atoms with Crippen molar-refractivity contribution in [2.45, 2.75) is 70.9 Å². The quantitative estimate of drug-likeness (QED) is 0.397. The molecule has 0 aromatic heterocycles. The number of ether oxygens (including phenoxy) is 5. The second-order valence-electron chi connectivity index (χ2n) is 9.31. The lowest BCUT2D eigenvalue weighted by Gasteiger charge is -2.34. The molecule has 7 heteroatoms. The highest BCUT2D eigenvalue weighted by Crippen LogP contribution is 2.47. The molecular weight excluding hydrogens is 412 g/mol. The third-order valence-electron chi connectivity index (χ3n) is 6.66. The van der Waals surface area contributed by atoms with E-state index in [-0.39, 0.29) is 23.5 Å². The van der Waals surface area contributed by atoms with Gasteiger partial charge in [0, 0.05) is 12.3 Å². The van der Waals surface area contributed by atoms with Crippen LogP contribution in [0.4, 0.5) is 0 Å². The van der Waals surface area contributed by atoms with Crippen LogP contribution in [0.5, 0.6) is 17.2 Å². The largest absolute Gasteiger partial charge is 0.493 e. The van der Waals surface area contributed by atoms with Crippen LogP contribution in [0, 0.1) is 11.8 Å². The molecule has 32 heavy (non-hydrogen) atoms. The zero-order valence-electron chi connectivity index (χ0n) is 20.1. The molecule has 1 aliphatic carbocycles. The number of benzene rings is 1. The standard InChI is InChI=1S/C25H36O7/c1-14(2)20-17(11-15(3)9-8-10-25(4)23(32-25)21(20)26)31-24(27)16-12-18(28-5)22(30-7)19(13-16)29-6/h9,12-14,17,20-21,23,26H,8,10-11H2,1-7H3/b15-9-/t17-,20-,21-,23-,25+/m1/s1. The Labute approximate surface area is 190 Å². The first kappa shape index (κ1) is 24.4. The van der Waals surface area contributed by atoms with Gasteiger partial charge in [-0.1, -0.05) is 25.5 Å². The Morgan fingerprint density at radius 3 is 2.31 bits per heavy atom. The van der Waals surface area contributed by atoms with E-state index in [0.717, 1.165) is 18.4 Å². The number of esters is 1. The summed E-state index contributed by atoms with van der Waals surface area (Å²) in [5.74, 6) is 0.477. The van der Waals surface area contributed by atoms with E-state index >= 15 is 0 Å². The average molecular weight is 449 g/mol. The number of allylic oxidation sites excluding steroid dienone is 1. The highest BCUT2D eigenvalue weighted by atomic mass is 16.6. The number of methoxy groups -OCH3 is 3. The van der Waals surface area contributed by atoms with Gasteiger partial charge in [0.05, 0.1) is 38.6 Å². The zero-order chi connectivity index (χ0) is 23.6. The Morgan fingerprint density at radius 2 is 1.78 bits per heavy atom. The number of carbonyl (C=O) groups is 1. The predicted octanol–water partition coefficient (Wildman–Crippen LogP) is 4.16. The molecule has 1 fully saturated rings. The van der Waals surface area contributed by atoms with E-state index in [9.17, 15) is 9.90 Å². The number of hydrogen-bond donors (Lipinski definition) is 1. The van der Waals surface area contributed by atoms with Crippen LogP contribution in [-0.2, 0) is 9.47 Å². The summed E-state index contributed by atoms with van der Waals surface area (Å²) in [6.07, 6.45) is 3.00. The molecule has 0 amide bonds. The monoisotopic (exact) mass is 448 g/mol. The van der Waals surface area contributed by atoms with Gasteiger partial charge >= 0.3 is 5.97 Å². The van der Waals surface area contributed by atoms with Crippen molar-refractivity contribution in [2.75, 3.05) is 21.3 Å². The molecule has 1 aliphatic heterocycles. The van der Waals surface area contributed by atoms with Gasteiger partial charge in [-0.05, 0) is 44.7 Å².